The molecule has 0 radical (unpaired) electrons. The van der Waals surface area contributed by atoms with Gasteiger partial charge in [-0.25, -0.2) is 4.98 Å². The van der Waals surface area contributed by atoms with Crippen molar-refractivity contribution < 1.29 is 0 Å². The van der Waals surface area contributed by atoms with Crippen LogP contribution in [0.5, 0.6) is 0 Å². The summed E-state index contributed by atoms with van der Waals surface area (Å²) in [5, 5.41) is 0. The average Bonchev–Trinajstić information content (AvgIpc) is 2.50. The molecule has 0 atom stereocenters. The molecule has 1 rings (SSSR count). The van der Waals surface area contributed by atoms with Crippen molar-refractivity contribution in [2.75, 3.05) is 6.26 Å². The van der Waals surface area contributed by atoms with Gasteiger partial charge in [0.25, 0.3) is 0 Å². The van der Waals surface area contributed by atoms with E-state index in [0.717, 1.165) is 11.4 Å². The minimum Gasteiger partial charge on any atom is -0.272 e. The van der Waals surface area contributed by atoms with Crippen molar-refractivity contribution in [2.24, 2.45) is 0 Å². The fraction of sp³-hybridized carbons (Fsp3) is 0.300. The van der Waals surface area contributed by atoms with Crippen molar-refractivity contribution in [1.29, 1.82) is 0 Å². The fourth-order valence-electron chi connectivity index (χ4n) is 1.10. The van der Waals surface area contributed by atoms with Crippen molar-refractivity contribution in [2.45, 2.75) is 13.8 Å². The summed E-state index contributed by atoms with van der Waals surface area (Å²) in [6.07, 6.45) is 12.0. The first-order chi connectivity index (χ1) is 6.33. The molecule has 0 saturated heterocycles. The van der Waals surface area contributed by atoms with Gasteiger partial charge in [-0.15, -0.1) is 0 Å². The number of rotatable bonds is 3. The highest BCUT2D eigenvalue weighted by atomic mass is 32.2. The van der Waals surface area contributed by atoms with Crippen molar-refractivity contribution in [1.82, 2.24) is 8.96 Å². The summed E-state index contributed by atoms with van der Waals surface area (Å²) in [4.78, 5) is 4.30. The SMILES string of the molecule is C/C=C\c1ncn(SC)c1/C=C\C. The Hall–Kier alpha value is -0.960. The van der Waals surface area contributed by atoms with Crippen LogP contribution in [0.3, 0.4) is 0 Å². The average molecular weight is 194 g/mol. The molecule has 0 N–H and O–H groups in total. The maximum absolute atomic E-state index is 4.30. The lowest BCUT2D eigenvalue weighted by molar-refractivity contribution is 1.22. The third-order valence-electron chi connectivity index (χ3n) is 1.65. The van der Waals surface area contributed by atoms with Crippen molar-refractivity contribution >= 4 is 24.1 Å². The molecule has 70 valence electrons. The largest absolute Gasteiger partial charge is 0.272 e. The highest BCUT2D eigenvalue weighted by Crippen LogP contribution is 2.16. The standard InChI is InChI=1S/C10H14N2S/c1-4-6-9-10(7-5-2)12(13-3)8-11-9/h4-8H,1-3H3/b6-4-,7-5-. The Morgan fingerprint density at radius 1 is 1.31 bits per heavy atom. The van der Waals surface area contributed by atoms with E-state index in [-0.39, 0.29) is 0 Å². The van der Waals surface area contributed by atoms with Gasteiger partial charge in [-0.2, -0.15) is 0 Å². The second-order valence-electron chi connectivity index (χ2n) is 2.52. The summed E-state index contributed by atoms with van der Waals surface area (Å²) in [6.45, 7) is 4.01. The third-order valence-corrected chi connectivity index (χ3v) is 2.33. The molecule has 1 aromatic heterocycles. The predicted octanol–water partition coefficient (Wildman–Crippen LogP) is 3.08. The van der Waals surface area contributed by atoms with Gasteiger partial charge in [-0.1, -0.05) is 12.2 Å². The number of allylic oxidation sites excluding steroid dienone is 2. The molecule has 1 aromatic rings. The number of nitrogens with zero attached hydrogens (tertiary/aromatic N) is 2. The normalized spacial score (nSPS) is 11.9. The topological polar surface area (TPSA) is 17.8 Å². The Morgan fingerprint density at radius 3 is 2.54 bits per heavy atom. The van der Waals surface area contributed by atoms with E-state index in [2.05, 4.69) is 15.0 Å². The van der Waals surface area contributed by atoms with Crippen LogP contribution in [0, 0.1) is 0 Å². The highest BCUT2D eigenvalue weighted by molar-refractivity contribution is 7.97. The van der Waals surface area contributed by atoms with Crippen molar-refractivity contribution in [3.05, 3.63) is 29.9 Å². The molecule has 0 aliphatic heterocycles. The summed E-state index contributed by atoms with van der Waals surface area (Å²) in [5.41, 5.74) is 2.17. The van der Waals surface area contributed by atoms with Crippen LogP contribution in [0.25, 0.3) is 12.2 Å². The lowest BCUT2D eigenvalue weighted by atomic mass is 10.3. The molecule has 0 amide bonds. The van der Waals surface area contributed by atoms with E-state index in [0.29, 0.717) is 0 Å². The molecule has 0 spiro atoms. The van der Waals surface area contributed by atoms with Crippen LogP contribution in [-0.4, -0.2) is 15.2 Å². The molecule has 13 heavy (non-hydrogen) atoms. The van der Waals surface area contributed by atoms with E-state index in [1.165, 1.54) is 0 Å². The van der Waals surface area contributed by atoms with Gasteiger partial charge in [-0.3, -0.25) is 3.97 Å². The van der Waals surface area contributed by atoms with Crippen molar-refractivity contribution in [3.8, 4) is 0 Å². The van der Waals surface area contributed by atoms with Crippen LogP contribution in [-0.2, 0) is 0 Å². The molecule has 0 saturated carbocycles. The van der Waals surface area contributed by atoms with E-state index in [4.69, 9.17) is 0 Å². The van der Waals surface area contributed by atoms with E-state index in [1.54, 1.807) is 11.9 Å². The number of hydrogen-bond donors (Lipinski definition) is 0. The van der Waals surface area contributed by atoms with Gasteiger partial charge in [0.1, 0.15) is 6.33 Å². The number of hydrogen-bond acceptors (Lipinski definition) is 2. The lowest BCUT2D eigenvalue weighted by Crippen LogP contribution is -1.86. The molecule has 0 aromatic carbocycles. The van der Waals surface area contributed by atoms with Crippen LogP contribution in [0.4, 0.5) is 0 Å². The lowest BCUT2D eigenvalue weighted by Gasteiger charge is -1.98. The molecule has 1 heterocycles. The van der Waals surface area contributed by atoms with Crippen molar-refractivity contribution in [3.63, 3.8) is 0 Å². The first-order valence-corrected chi connectivity index (χ1v) is 5.38. The smallest absolute Gasteiger partial charge is 0.106 e. The molecule has 0 bridgehead atoms. The molecular weight excluding hydrogens is 180 g/mol. The van der Waals surface area contributed by atoms with E-state index >= 15 is 0 Å². The predicted molar refractivity (Wildman–Crippen MR) is 60.6 cm³/mol. The Balaban J connectivity index is 3.13. The minimum atomic E-state index is 1.02. The van der Waals surface area contributed by atoms with Crippen LogP contribution in [0.2, 0.25) is 0 Å². The molecule has 0 aliphatic rings. The second-order valence-corrected chi connectivity index (χ2v) is 3.28. The summed E-state index contributed by atoms with van der Waals surface area (Å²) < 4.78 is 2.05. The maximum Gasteiger partial charge on any atom is 0.106 e. The first kappa shape index (κ1) is 10.1. The molecule has 0 fully saturated rings. The molecule has 3 heteroatoms. The minimum absolute atomic E-state index is 1.02. The number of imidazole rings is 1. The zero-order valence-electron chi connectivity index (χ0n) is 8.19. The first-order valence-electron chi connectivity index (χ1n) is 4.20. The second kappa shape index (κ2) is 4.92. The summed E-state index contributed by atoms with van der Waals surface area (Å²) in [7, 11) is 0. The Morgan fingerprint density at radius 2 is 2.00 bits per heavy atom. The van der Waals surface area contributed by atoms with Crippen LogP contribution in [0.15, 0.2) is 18.5 Å². The quantitative estimate of drug-likeness (QED) is 0.736. The summed E-state index contributed by atoms with van der Waals surface area (Å²) in [5.74, 6) is 0. The van der Waals surface area contributed by atoms with Gasteiger partial charge in [0.05, 0.1) is 11.4 Å². The Kier molecular flexibility index (Phi) is 3.83. The Bertz CT molecular complexity index is 324. The van der Waals surface area contributed by atoms with E-state index < -0.39 is 0 Å². The van der Waals surface area contributed by atoms with Gasteiger partial charge in [-0.05, 0) is 37.9 Å². The van der Waals surface area contributed by atoms with Gasteiger partial charge in [0, 0.05) is 6.26 Å². The monoisotopic (exact) mass is 194 g/mol. The maximum atomic E-state index is 4.30. The van der Waals surface area contributed by atoms with Crippen LogP contribution < -0.4 is 0 Å². The number of aromatic nitrogens is 2. The zero-order valence-corrected chi connectivity index (χ0v) is 9.01. The molecular formula is C10H14N2S. The summed E-state index contributed by atoms with van der Waals surface area (Å²) in [6, 6.07) is 0. The van der Waals surface area contributed by atoms with Gasteiger partial charge in [0.2, 0.25) is 0 Å². The summed E-state index contributed by atoms with van der Waals surface area (Å²) >= 11 is 1.65. The van der Waals surface area contributed by atoms with E-state index in [9.17, 15) is 0 Å². The van der Waals surface area contributed by atoms with Crippen LogP contribution >= 0.6 is 11.9 Å². The third kappa shape index (κ3) is 2.25. The Labute approximate surface area is 83.5 Å². The molecule has 2 nitrogen and oxygen atoms in total. The van der Waals surface area contributed by atoms with Gasteiger partial charge >= 0.3 is 0 Å². The van der Waals surface area contributed by atoms with Crippen LogP contribution in [0.1, 0.15) is 25.2 Å². The van der Waals surface area contributed by atoms with E-state index in [1.807, 2.05) is 44.7 Å². The fourth-order valence-corrected chi connectivity index (χ4v) is 1.60. The van der Waals surface area contributed by atoms with Gasteiger partial charge in [0.15, 0.2) is 0 Å². The molecule has 0 unspecified atom stereocenters. The highest BCUT2D eigenvalue weighted by Gasteiger charge is 2.03. The zero-order chi connectivity index (χ0) is 9.68. The van der Waals surface area contributed by atoms with Gasteiger partial charge < -0.3 is 0 Å². The molecule has 0 aliphatic carbocycles.